The molecule has 0 spiro atoms. The van der Waals surface area contributed by atoms with E-state index in [1.807, 2.05) is 12.1 Å². The Kier molecular flexibility index (Phi) is 8.31. The lowest BCUT2D eigenvalue weighted by atomic mass is 9.95. The number of H-pyrrole nitrogens is 1. The first-order chi connectivity index (χ1) is 16.1. The number of hydrogen-bond acceptors (Lipinski definition) is 8. The van der Waals surface area contributed by atoms with Crippen molar-refractivity contribution in [3.8, 4) is 16.9 Å². The van der Waals surface area contributed by atoms with Crippen LogP contribution in [0.4, 0.5) is 0 Å². The minimum absolute atomic E-state index is 0.0727. The Hall–Kier alpha value is -2.93. The van der Waals surface area contributed by atoms with Crippen LogP contribution < -0.4 is 9.46 Å². The predicted molar refractivity (Wildman–Crippen MR) is 127 cm³/mol. The molecule has 0 saturated heterocycles. The third kappa shape index (κ3) is 7.03. The van der Waals surface area contributed by atoms with E-state index in [2.05, 4.69) is 19.9 Å². The minimum atomic E-state index is -4.13. The van der Waals surface area contributed by atoms with Crippen LogP contribution in [0.15, 0.2) is 64.9 Å². The number of carbonyl (C=O) groups is 1. The highest BCUT2D eigenvalue weighted by atomic mass is 32.2. The number of hydrogen-bond donors (Lipinski definition) is 4. The Bertz CT molecular complexity index is 1180. The summed E-state index contributed by atoms with van der Waals surface area (Å²) in [6.45, 7) is 1.47. The molecule has 4 N–H and O–H groups in total. The molecular formula is C22H26N4O6S2. The van der Waals surface area contributed by atoms with E-state index in [0.29, 0.717) is 16.7 Å². The zero-order valence-corrected chi connectivity index (χ0v) is 20.3. The number of ether oxygens (including phenoxy) is 1. The van der Waals surface area contributed by atoms with E-state index in [1.54, 1.807) is 31.4 Å². The highest BCUT2D eigenvalue weighted by Gasteiger charge is 2.33. The molecule has 0 amide bonds. The summed E-state index contributed by atoms with van der Waals surface area (Å²) in [5, 5.41) is 27.2. The summed E-state index contributed by atoms with van der Waals surface area (Å²) in [5.41, 5.74) is 0.250. The first-order valence-corrected chi connectivity index (χ1v) is 12.8. The van der Waals surface area contributed by atoms with Crippen molar-refractivity contribution in [1.82, 2.24) is 19.9 Å². The largest absolute Gasteiger partial charge is 0.497 e. The van der Waals surface area contributed by atoms with Crippen molar-refractivity contribution >= 4 is 27.8 Å². The number of aromatic amines is 1. The number of benzene rings is 2. The van der Waals surface area contributed by atoms with E-state index in [4.69, 9.17) is 4.74 Å². The van der Waals surface area contributed by atoms with Crippen LogP contribution >= 0.6 is 11.8 Å². The van der Waals surface area contributed by atoms with Gasteiger partial charge in [0.05, 0.1) is 17.6 Å². The second-order valence-electron chi connectivity index (χ2n) is 7.86. The van der Waals surface area contributed by atoms with Crippen molar-refractivity contribution in [3.63, 3.8) is 0 Å². The number of sulfonamides is 1. The maximum atomic E-state index is 12.8. The van der Waals surface area contributed by atoms with Gasteiger partial charge in [-0.25, -0.2) is 13.4 Å². The molecular weight excluding hydrogens is 480 g/mol. The molecule has 2 aromatic carbocycles. The number of thioether (sulfide) groups is 1. The number of carboxylic acids is 1. The molecule has 0 aliphatic heterocycles. The van der Waals surface area contributed by atoms with Gasteiger partial charge in [-0.2, -0.15) is 9.82 Å². The van der Waals surface area contributed by atoms with Gasteiger partial charge in [-0.3, -0.25) is 9.89 Å². The van der Waals surface area contributed by atoms with Crippen LogP contribution in [-0.2, 0) is 14.8 Å². The molecule has 10 nitrogen and oxygen atoms in total. The van der Waals surface area contributed by atoms with E-state index < -0.39 is 27.6 Å². The second kappa shape index (κ2) is 11.0. The fraction of sp³-hybridized carbons (Fsp3) is 0.318. The van der Waals surface area contributed by atoms with Gasteiger partial charge in [0.1, 0.15) is 18.1 Å². The third-order valence-corrected chi connectivity index (χ3v) is 7.47. The lowest BCUT2D eigenvalue weighted by Gasteiger charge is -2.26. The number of aromatic nitrogens is 3. The van der Waals surface area contributed by atoms with Crippen molar-refractivity contribution in [2.24, 2.45) is 0 Å². The molecule has 3 aromatic rings. The maximum absolute atomic E-state index is 12.8. The second-order valence-corrected chi connectivity index (χ2v) is 10.7. The molecule has 12 heteroatoms. The highest BCUT2D eigenvalue weighted by molar-refractivity contribution is 7.99. The summed E-state index contributed by atoms with van der Waals surface area (Å²) in [7, 11) is -2.56. The zero-order chi connectivity index (χ0) is 24.8. The van der Waals surface area contributed by atoms with Gasteiger partial charge in [0.15, 0.2) is 5.16 Å². The van der Waals surface area contributed by atoms with Crippen LogP contribution in [0.2, 0.25) is 0 Å². The number of carboxylic acid groups (broad SMARTS) is 1. The Morgan fingerprint density at radius 1 is 1.18 bits per heavy atom. The molecule has 1 heterocycles. The molecule has 0 radical (unpaired) electrons. The number of nitrogens with zero attached hydrogens (tertiary/aromatic N) is 2. The summed E-state index contributed by atoms with van der Waals surface area (Å²) in [4.78, 5) is 15.7. The molecule has 1 aromatic heterocycles. The van der Waals surface area contributed by atoms with Crippen molar-refractivity contribution in [3.05, 3.63) is 54.9 Å². The molecule has 2 unspecified atom stereocenters. The summed E-state index contributed by atoms with van der Waals surface area (Å²) >= 11 is 1.32. The number of nitrogens with one attached hydrogen (secondary N) is 2. The lowest BCUT2D eigenvalue weighted by Crippen LogP contribution is -2.46. The highest BCUT2D eigenvalue weighted by Crippen LogP contribution is 2.25. The molecule has 34 heavy (non-hydrogen) atoms. The molecule has 0 bridgehead atoms. The fourth-order valence-corrected chi connectivity index (χ4v) is 5.38. The van der Waals surface area contributed by atoms with E-state index in [-0.39, 0.29) is 17.7 Å². The topological polar surface area (TPSA) is 154 Å². The quantitative estimate of drug-likeness (QED) is 0.271. The van der Waals surface area contributed by atoms with Gasteiger partial charge < -0.3 is 14.9 Å². The predicted octanol–water partition coefficient (Wildman–Crippen LogP) is 2.54. The van der Waals surface area contributed by atoms with Gasteiger partial charge >= 0.3 is 5.97 Å². The SMILES string of the molecule is COc1ccc(-c2ccc(S(=O)(=O)NC(CC(C)(O)CCSc3ncn[nH]3)C(=O)O)cc2)cc1. The van der Waals surface area contributed by atoms with Gasteiger partial charge in [-0.05, 0) is 48.7 Å². The van der Waals surface area contributed by atoms with E-state index in [0.717, 1.165) is 11.1 Å². The van der Waals surface area contributed by atoms with Crippen LogP contribution in [0.3, 0.4) is 0 Å². The van der Waals surface area contributed by atoms with Gasteiger partial charge in [0.25, 0.3) is 0 Å². The molecule has 0 fully saturated rings. The molecule has 0 saturated carbocycles. The Morgan fingerprint density at radius 2 is 1.79 bits per heavy atom. The van der Waals surface area contributed by atoms with Gasteiger partial charge in [0, 0.05) is 12.2 Å². The average molecular weight is 507 g/mol. The molecule has 0 aliphatic carbocycles. The number of aliphatic carboxylic acids is 1. The molecule has 3 rings (SSSR count). The summed E-state index contributed by atoms with van der Waals surface area (Å²) in [6.07, 6.45) is 1.28. The summed E-state index contributed by atoms with van der Waals surface area (Å²) < 4.78 is 33.0. The van der Waals surface area contributed by atoms with Crippen LogP contribution in [0.25, 0.3) is 11.1 Å². The Balaban J connectivity index is 1.65. The first-order valence-electron chi connectivity index (χ1n) is 10.3. The fourth-order valence-electron chi connectivity index (χ4n) is 3.22. The van der Waals surface area contributed by atoms with E-state index in [1.165, 1.54) is 37.1 Å². The lowest BCUT2D eigenvalue weighted by molar-refractivity contribution is -0.140. The Morgan fingerprint density at radius 3 is 2.32 bits per heavy atom. The molecule has 0 aliphatic rings. The first kappa shape index (κ1) is 25.7. The summed E-state index contributed by atoms with van der Waals surface area (Å²) in [5.74, 6) is -0.227. The summed E-state index contributed by atoms with van der Waals surface area (Å²) in [6, 6.07) is 11.9. The maximum Gasteiger partial charge on any atom is 0.321 e. The van der Waals surface area contributed by atoms with Crippen molar-refractivity contribution in [1.29, 1.82) is 0 Å². The normalized spacial score (nSPS) is 14.3. The van der Waals surface area contributed by atoms with Crippen LogP contribution in [-0.4, -0.2) is 64.3 Å². The van der Waals surface area contributed by atoms with Gasteiger partial charge in [0.2, 0.25) is 10.0 Å². The minimum Gasteiger partial charge on any atom is -0.497 e. The standard InChI is InChI=1S/C22H26N4O6S2/c1-22(29,11-12-33-21-23-14-24-25-21)13-19(20(27)28)26-34(30,31)18-9-5-16(6-10-18)15-3-7-17(32-2)8-4-15/h3-10,14,19,26,29H,11-13H2,1-2H3,(H,27,28)(H,23,24,25). The monoisotopic (exact) mass is 506 g/mol. The average Bonchev–Trinajstić information content (AvgIpc) is 3.32. The molecule has 2 atom stereocenters. The van der Waals surface area contributed by atoms with Crippen LogP contribution in [0, 0.1) is 0 Å². The van der Waals surface area contributed by atoms with Crippen LogP contribution in [0.5, 0.6) is 5.75 Å². The molecule has 182 valence electrons. The smallest absolute Gasteiger partial charge is 0.321 e. The van der Waals surface area contributed by atoms with Gasteiger partial charge in [-0.15, -0.1) is 0 Å². The number of rotatable bonds is 12. The van der Waals surface area contributed by atoms with Crippen LogP contribution in [0.1, 0.15) is 19.8 Å². The van der Waals surface area contributed by atoms with Gasteiger partial charge in [-0.1, -0.05) is 36.0 Å². The van der Waals surface area contributed by atoms with E-state index >= 15 is 0 Å². The van der Waals surface area contributed by atoms with Crippen molar-refractivity contribution < 1.29 is 28.2 Å². The van der Waals surface area contributed by atoms with Crippen molar-refractivity contribution in [2.75, 3.05) is 12.9 Å². The van der Waals surface area contributed by atoms with Crippen molar-refractivity contribution in [2.45, 2.75) is 41.5 Å². The van der Waals surface area contributed by atoms with E-state index in [9.17, 15) is 23.4 Å². The number of aliphatic hydroxyl groups is 1. The third-order valence-electron chi connectivity index (χ3n) is 5.10. The number of methoxy groups -OCH3 is 1. The zero-order valence-electron chi connectivity index (χ0n) is 18.6. The Labute approximate surface area is 201 Å².